The number of anilines is 1. The van der Waals surface area contributed by atoms with Gasteiger partial charge in [0.05, 0.1) is 16.5 Å². The molecular weight excluding hydrogens is 432 g/mol. The fourth-order valence-corrected chi connectivity index (χ4v) is 4.27. The standard InChI is InChI=1S/C18H17BrN4O3S/c19-13-2-3-14-16(10-13)27-18(21-14)23(6-1-5-22-7-4-20-12-22)17(24)15-11-25-8-9-26-15/h2-4,7,10-12H,1,5-6,8-9H2. The first-order valence-corrected chi connectivity index (χ1v) is 10.1. The first-order valence-electron chi connectivity index (χ1n) is 8.49. The molecule has 1 aromatic carbocycles. The summed E-state index contributed by atoms with van der Waals surface area (Å²) in [6.45, 7) is 2.09. The normalized spacial score (nSPS) is 13.7. The Kier molecular flexibility index (Phi) is 5.40. The molecule has 0 aliphatic carbocycles. The zero-order valence-corrected chi connectivity index (χ0v) is 16.8. The van der Waals surface area contributed by atoms with Crippen molar-refractivity contribution in [3.63, 3.8) is 0 Å². The van der Waals surface area contributed by atoms with Crippen molar-refractivity contribution in [2.45, 2.75) is 13.0 Å². The fourth-order valence-electron chi connectivity index (χ4n) is 2.73. The molecule has 0 spiro atoms. The lowest BCUT2D eigenvalue weighted by Crippen LogP contribution is -2.35. The molecule has 0 atom stereocenters. The second-order valence-corrected chi connectivity index (χ2v) is 7.85. The van der Waals surface area contributed by atoms with E-state index in [-0.39, 0.29) is 11.7 Å². The number of hydrogen-bond donors (Lipinski definition) is 0. The maximum atomic E-state index is 13.0. The number of aromatic nitrogens is 3. The van der Waals surface area contributed by atoms with E-state index in [4.69, 9.17) is 9.47 Å². The van der Waals surface area contributed by atoms with Crippen molar-refractivity contribution in [3.8, 4) is 0 Å². The molecule has 0 saturated carbocycles. The molecule has 1 aliphatic rings. The van der Waals surface area contributed by atoms with Crippen LogP contribution in [0.1, 0.15) is 6.42 Å². The summed E-state index contributed by atoms with van der Waals surface area (Å²) in [7, 11) is 0. The van der Waals surface area contributed by atoms with Crippen molar-refractivity contribution < 1.29 is 14.3 Å². The summed E-state index contributed by atoms with van der Waals surface area (Å²) in [5, 5.41) is 0.647. The van der Waals surface area contributed by atoms with E-state index in [1.54, 1.807) is 17.4 Å². The molecule has 1 amide bonds. The summed E-state index contributed by atoms with van der Waals surface area (Å²) in [5.74, 6) is -0.0252. The van der Waals surface area contributed by atoms with Crippen molar-refractivity contribution in [3.05, 3.63) is 53.4 Å². The van der Waals surface area contributed by atoms with Crippen molar-refractivity contribution in [1.29, 1.82) is 0 Å². The van der Waals surface area contributed by atoms with Gasteiger partial charge in [0, 0.05) is 30.0 Å². The molecule has 0 bridgehead atoms. The van der Waals surface area contributed by atoms with Crippen LogP contribution in [0.2, 0.25) is 0 Å². The molecule has 0 radical (unpaired) electrons. The van der Waals surface area contributed by atoms with Crippen LogP contribution >= 0.6 is 27.3 Å². The number of carbonyl (C=O) groups excluding carboxylic acids is 1. The summed E-state index contributed by atoms with van der Waals surface area (Å²) >= 11 is 4.96. The van der Waals surface area contributed by atoms with E-state index in [2.05, 4.69) is 25.9 Å². The number of halogens is 1. The van der Waals surface area contributed by atoms with Gasteiger partial charge in [0.1, 0.15) is 19.5 Å². The third-order valence-corrected chi connectivity index (χ3v) is 5.57. The number of ether oxygens (including phenoxy) is 2. The highest BCUT2D eigenvalue weighted by Gasteiger charge is 2.26. The molecule has 140 valence electrons. The van der Waals surface area contributed by atoms with Crippen molar-refractivity contribution in [2.24, 2.45) is 0 Å². The highest BCUT2D eigenvalue weighted by Crippen LogP contribution is 2.32. The predicted molar refractivity (Wildman–Crippen MR) is 107 cm³/mol. The van der Waals surface area contributed by atoms with Gasteiger partial charge in [-0.15, -0.1) is 0 Å². The summed E-state index contributed by atoms with van der Waals surface area (Å²) < 4.78 is 14.7. The first kappa shape index (κ1) is 18.0. The maximum Gasteiger partial charge on any atom is 0.298 e. The molecule has 27 heavy (non-hydrogen) atoms. The van der Waals surface area contributed by atoms with Crippen LogP contribution in [0.5, 0.6) is 0 Å². The van der Waals surface area contributed by atoms with Gasteiger partial charge in [0.2, 0.25) is 5.76 Å². The van der Waals surface area contributed by atoms with Crippen LogP contribution in [0.15, 0.2) is 53.4 Å². The lowest BCUT2D eigenvalue weighted by atomic mass is 10.3. The Morgan fingerprint density at radius 1 is 1.37 bits per heavy atom. The topological polar surface area (TPSA) is 69.5 Å². The average Bonchev–Trinajstić information content (AvgIpc) is 3.34. The smallest absolute Gasteiger partial charge is 0.298 e. The van der Waals surface area contributed by atoms with Crippen LogP contribution in [0.3, 0.4) is 0 Å². The molecule has 4 rings (SSSR count). The van der Waals surface area contributed by atoms with Crippen LogP contribution in [0.4, 0.5) is 5.13 Å². The van der Waals surface area contributed by atoms with E-state index in [1.807, 2.05) is 29.0 Å². The van der Waals surface area contributed by atoms with E-state index in [9.17, 15) is 4.79 Å². The minimum atomic E-state index is -0.238. The minimum Gasteiger partial charge on any atom is -0.494 e. The molecule has 0 N–H and O–H groups in total. The van der Waals surface area contributed by atoms with Gasteiger partial charge < -0.3 is 14.0 Å². The number of aryl methyl sites for hydroxylation is 1. The number of imidazole rings is 1. The van der Waals surface area contributed by atoms with Crippen molar-refractivity contribution in [2.75, 3.05) is 24.7 Å². The van der Waals surface area contributed by atoms with Gasteiger partial charge in [-0.3, -0.25) is 9.69 Å². The number of thiazole rings is 1. The molecule has 3 aromatic rings. The number of carbonyl (C=O) groups is 1. The largest absolute Gasteiger partial charge is 0.494 e. The SMILES string of the molecule is O=C(C1=COCCO1)N(CCCn1ccnc1)c1nc2ccc(Br)cc2s1. The van der Waals surface area contributed by atoms with E-state index in [0.29, 0.717) is 24.9 Å². The Balaban J connectivity index is 1.59. The molecule has 3 heterocycles. The fraction of sp³-hybridized carbons (Fsp3) is 0.278. The molecular formula is C18H17BrN4O3S. The second kappa shape index (κ2) is 8.10. The summed E-state index contributed by atoms with van der Waals surface area (Å²) in [4.78, 5) is 23.4. The zero-order chi connectivity index (χ0) is 18.6. The van der Waals surface area contributed by atoms with Gasteiger partial charge >= 0.3 is 0 Å². The van der Waals surface area contributed by atoms with Crippen molar-refractivity contribution >= 4 is 48.5 Å². The summed E-state index contributed by atoms with van der Waals surface area (Å²) in [5.41, 5.74) is 0.861. The van der Waals surface area contributed by atoms with Gasteiger partial charge in [0.15, 0.2) is 5.13 Å². The van der Waals surface area contributed by atoms with Gasteiger partial charge in [-0.05, 0) is 24.6 Å². The third-order valence-electron chi connectivity index (χ3n) is 4.03. The number of amides is 1. The molecule has 9 heteroatoms. The van der Waals surface area contributed by atoms with Gasteiger partial charge in [0.25, 0.3) is 5.91 Å². The lowest BCUT2D eigenvalue weighted by Gasteiger charge is -2.23. The molecule has 2 aromatic heterocycles. The van der Waals surface area contributed by atoms with Gasteiger partial charge in [-0.25, -0.2) is 9.97 Å². The maximum absolute atomic E-state index is 13.0. The Hall–Kier alpha value is -2.39. The van der Waals surface area contributed by atoms with Crippen LogP contribution in [0.25, 0.3) is 10.2 Å². The lowest BCUT2D eigenvalue weighted by molar-refractivity contribution is -0.119. The zero-order valence-electron chi connectivity index (χ0n) is 14.4. The molecule has 7 nitrogen and oxygen atoms in total. The third kappa shape index (κ3) is 4.14. The van der Waals surface area contributed by atoms with Crippen LogP contribution in [-0.2, 0) is 20.8 Å². The number of rotatable bonds is 6. The first-order chi connectivity index (χ1) is 13.2. The van der Waals surface area contributed by atoms with E-state index >= 15 is 0 Å². The molecule has 1 aliphatic heterocycles. The average molecular weight is 449 g/mol. The van der Waals surface area contributed by atoms with Crippen molar-refractivity contribution in [1.82, 2.24) is 14.5 Å². The molecule has 0 saturated heterocycles. The van der Waals surface area contributed by atoms with Gasteiger partial charge in [-0.2, -0.15) is 0 Å². The molecule has 0 fully saturated rings. The Morgan fingerprint density at radius 2 is 2.30 bits per heavy atom. The minimum absolute atomic E-state index is 0.212. The summed E-state index contributed by atoms with van der Waals surface area (Å²) in [6, 6.07) is 5.88. The van der Waals surface area contributed by atoms with Gasteiger partial charge in [-0.1, -0.05) is 27.3 Å². The Morgan fingerprint density at radius 3 is 3.07 bits per heavy atom. The Labute approximate surface area is 168 Å². The Bertz CT molecular complexity index is 970. The quantitative estimate of drug-likeness (QED) is 0.576. The number of benzene rings is 1. The highest BCUT2D eigenvalue weighted by molar-refractivity contribution is 9.10. The number of nitrogens with zero attached hydrogens (tertiary/aromatic N) is 4. The van der Waals surface area contributed by atoms with E-state index in [0.717, 1.165) is 27.7 Å². The van der Waals surface area contributed by atoms with Crippen LogP contribution in [-0.4, -0.2) is 40.2 Å². The summed E-state index contributed by atoms with van der Waals surface area (Å²) in [6.07, 6.45) is 7.56. The molecule has 0 unspecified atom stereocenters. The monoisotopic (exact) mass is 448 g/mol. The highest BCUT2D eigenvalue weighted by atomic mass is 79.9. The van der Waals surface area contributed by atoms with Crippen LogP contribution in [0, 0.1) is 0 Å². The van der Waals surface area contributed by atoms with Crippen LogP contribution < -0.4 is 4.90 Å². The van der Waals surface area contributed by atoms with E-state index < -0.39 is 0 Å². The second-order valence-electron chi connectivity index (χ2n) is 5.92. The predicted octanol–water partition coefficient (Wildman–Crippen LogP) is 3.57. The van der Waals surface area contributed by atoms with E-state index in [1.165, 1.54) is 17.6 Å². The number of hydrogen-bond acceptors (Lipinski definition) is 6. The number of fused-ring (bicyclic) bond motifs is 1.